The van der Waals surface area contributed by atoms with Gasteiger partial charge in [0.15, 0.2) is 18.2 Å². The molecule has 19 heteroatoms. The lowest BCUT2D eigenvalue weighted by atomic mass is 10.1. The lowest BCUT2D eigenvalue weighted by Crippen LogP contribution is -2.29. The van der Waals surface area contributed by atoms with Gasteiger partial charge >= 0.3 is 17.9 Å². The van der Waals surface area contributed by atoms with Crippen LogP contribution in [0.5, 0.6) is 5.75 Å². The fraction of sp³-hybridized carbons (Fsp3) is 0.300. The maximum absolute atomic E-state index is 13.2. The van der Waals surface area contributed by atoms with E-state index in [9.17, 15) is 52.7 Å². The quantitative estimate of drug-likeness (QED) is 0.405. The highest BCUT2D eigenvalue weighted by Crippen LogP contribution is 2.36. The number of carbonyl (C=O) groups is 1. The summed E-state index contributed by atoms with van der Waals surface area (Å²) in [5.74, 6) is -1.68. The van der Waals surface area contributed by atoms with Gasteiger partial charge in [-0.15, -0.1) is 5.10 Å². The van der Waals surface area contributed by atoms with Crippen LogP contribution < -0.4 is 10.1 Å². The van der Waals surface area contributed by atoms with Crippen LogP contribution in [0.1, 0.15) is 34.7 Å². The topological polar surface area (TPSA) is 116 Å². The van der Waals surface area contributed by atoms with Crippen LogP contribution in [-0.4, -0.2) is 52.4 Å². The normalized spacial score (nSPS) is 13.7. The molecule has 2 aromatic heterocycles. The molecule has 1 aromatic carbocycles. The number of pyridine rings is 1. The highest BCUT2D eigenvalue weighted by Gasteiger charge is 2.48. The monoisotopic (exact) mass is 591 g/mol. The summed E-state index contributed by atoms with van der Waals surface area (Å²) < 4.78 is 144. The zero-order valence-corrected chi connectivity index (χ0v) is 19.9. The third kappa shape index (κ3) is 7.15. The average Bonchev–Trinajstić information content (AvgIpc) is 3.31. The molecule has 0 aliphatic heterocycles. The first-order valence-corrected chi connectivity index (χ1v) is 11.7. The number of nitrogens with zero attached hydrogens (tertiary/aromatic N) is 4. The van der Waals surface area contributed by atoms with Crippen molar-refractivity contribution >= 4 is 15.7 Å². The van der Waals surface area contributed by atoms with Crippen LogP contribution in [0.15, 0.2) is 47.8 Å². The van der Waals surface area contributed by atoms with Crippen LogP contribution in [0.3, 0.4) is 0 Å². The van der Waals surface area contributed by atoms with E-state index < -0.39 is 62.3 Å². The average molecular weight is 591 g/mol. The van der Waals surface area contributed by atoms with Gasteiger partial charge in [0.1, 0.15) is 12.1 Å². The van der Waals surface area contributed by atoms with E-state index in [1.807, 2.05) is 0 Å². The van der Waals surface area contributed by atoms with Gasteiger partial charge in [0, 0.05) is 5.56 Å². The molecule has 0 bridgehead atoms. The Morgan fingerprint density at radius 1 is 1.03 bits per heavy atom. The van der Waals surface area contributed by atoms with Crippen molar-refractivity contribution in [3.63, 3.8) is 0 Å². The largest absolute Gasteiger partial charge is 0.501 e. The van der Waals surface area contributed by atoms with Crippen LogP contribution in [0, 0.1) is 0 Å². The Kier molecular flexibility index (Phi) is 7.86. The molecule has 1 amide bonds. The van der Waals surface area contributed by atoms with E-state index >= 15 is 0 Å². The second kappa shape index (κ2) is 10.3. The number of halogens is 9. The number of nitrogens with one attached hydrogen (secondary N) is 1. The molecule has 9 nitrogen and oxygen atoms in total. The van der Waals surface area contributed by atoms with Crippen molar-refractivity contribution in [1.29, 1.82) is 0 Å². The molecular weight excluding hydrogens is 577 g/mol. The molecule has 1 atom stereocenters. The minimum atomic E-state index is -6.22. The number of amides is 1. The van der Waals surface area contributed by atoms with Crippen molar-refractivity contribution in [2.75, 3.05) is 6.61 Å². The van der Waals surface area contributed by atoms with E-state index in [0.29, 0.717) is 0 Å². The van der Waals surface area contributed by atoms with Gasteiger partial charge in [0.25, 0.3) is 15.7 Å². The van der Waals surface area contributed by atoms with Gasteiger partial charge in [0.2, 0.25) is 0 Å². The van der Waals surface area contributed by atoms with Gasteiger partial charge in [-0.05, 0) is 37.3 Å². The van der Waals surface area contributed by atoms with E-state index in [4.69, 9.17) is 0 Å². The van der Waals surface area contributed by atoms with E-state index in [2.05, 4.69) is 25.1 Å². The van der Waals surface area contributed by atoms with E-state index in [-0.39, 0.29) is 35.6 Å². The maximum atomic E-state index is 13.2. The number of carbonyl (C=O) groups excluding carboxylic acids is 1. The summed E-state index contributed by atoms with van der Waals surface area (Å²) in [6, 6.07) is 1.30. The molecule has 0 saturated heterocycles. The molecule has 1 N–H and O–H groups in total. The summed E-state index contributed by atoms with van der Waals surface area (Å²) in [6.07, 6.45) is -7.80. The molecule has 0 aliphatic carbocycles. The molecular formula is C20H14F9N5O4S. The Labute approximate surface area is 212 Å². The van der Waals surface area contributed by atoms with Gasteiger partial charge in [-0.2, -0.15) is 39.5 Å². The second-order valence-electron chi connectivity index (χ2n) is 7.69. The Balaban J connectivity index is 1.81. The Morgan fingerprint density at radius 2 is 1.69 bits per heavy atom. The number of aromatic nitrogens is 4. The van der Waals surface area contributed by atoms with Crippen LogP contribution in [0.2, 0.25) is 0 Å². The maximum Gasteiger partial charge on any atom is 0.501 e. The summed E-state index contributed by atoms with van der Waals surface area (Å²) in [7, 11) is -6.22. The first-order valence-electron chi connectivity index (χ1n) is 10.2. The zero-order chi connectivity index (χ0) is 29.4. The van der Waals surface area contributed by atoms with Gasteiger partial charge < -0.3 is 10.1 Å². The van der Waals surface area contributed by atoms with Crippen molar-refractivity contribution in [1.82, 2.24) is 25.1 Å². The molecule has 0 aliphatic rings. The number of hydrogen-bond donors (Lipinski definition) is 1. The molecule has 0 saturated carbocycles. The SMILES string of the molecule is CC(NC(=O)c1cc(C(F)(F)F)cc(S(=O)(=O)C(F)(F)F)c1)c1ncn(-c2ccc(OCC(F)(F)F)cn2)n1. The number of hydrogen-bond acceptors (Lipinski definition) is 7. The van der Waals surface area contributed by atoms with Crippen LogP contribution in [0.4, 0.5) is 39.5 Å². The lowest BCUT2D eigenvalue weighted by Gasteiger charge is -2.15. The molecule has 212 valence electrons. The number of sulfone groups is 1. The summed E-state index contributed by atoms with van der Waals surface area (Å²) in [5.41, 5.74) is -8.76. The van der Waals surface area contributed by atoms with Gasteiger partial charge in [0.05, 0.1) is 22.7 Å². The molecule has 0 fully saturated rings. The molecule has 3 rings (SSSR count). The minimum Gasteiger partial charge on any atom is -0.483 e. The summed E-state index contributed by atoms with van der Waals surface area (Å²) in [4.78, 5) is 18.5. The number of benzene rings is 1. The minimum absolute atomic E-state index is 0.0477. The van der Waals surface area contributed by atoms with Crippen molar-refractivity contribution < 1.29 is 57.5 Å². The van der Waals surface area contributed by atoms with Gasteiger partial charge in [-0.3, -0.25) is 4.79 Å². The summed E-state index contributed by atoms with van der Waals surface area (Å²) in [5, 5.41) is 6.12. The predicted octanol–water partition coefficient (Wildman–Crippen LogP) is 4.41. The smallest absolute Gasteiger partial charge is 0.483 e. The second-order valence-corrected chi connectivity index (χ2v) is 9.63. The van der Waals surface area contributed by atoms with Crippen molar-refractivity contribution in [2.45, 2.75) is 35.7 Å². The number of alkyl halides is 9. The third-order valence-electron chi connectivity index (χ3n) is 4.71. The Morgan fingerprint density at radius 3 is 2.23 bits per heavy atom. The fourth-order valence-electron chi connectivity index (χ4n) is 2.87. The molecule has 2 heterocycles. The van der Waals surface area contributed by atoms with Gasteiger partial charge in [-0.1, -0.05) is 0 Å². The van der Waals surface area contributed by atoms with Crippen LogP contribution >= 0.6 is 0 Å². The first kappa shape index (κ1) is 29.7. The van der Waals surface area contributed by atoms with Crippen molar-refractivity contribution in [3.8, 4) is 11.6 Å². The number of rotatable bonds is 7. The highest BCUT2D eigenvalue weighted by molar-refractivity contribution is 7.92. The standard InChI is InChI=1S/C20H14F9N5O4S/c1-10(16-31-9-34(33-16)15-3-2-13(7-30-15)38-8-18(21,22)23)32-17(35)11-4-12(19(24,25)26)6-14(5-11)39(36,37)20(27,28)29/h2-7,9-10H,8H2,1H3,(H,32,35). The van der Waals surface area contributed by atoms with Crippen molar-refractivity contribution in [2.24, 2.45) is 0 Å². The molecule has 1 unspecified atom stereocenters. The lowest BCUT2D eigenvalue weighted by molar-refractivity contribution is -0.153. The van der Waals surface area contributed by atoms with Crippen molar-refractivity contribution in [3.05, 3.63) is 59.8 Å². The summed E-state index contributed by atoms with van der Waals surface area (Å²) in [6.45, 7) is -0.283. The summed E-state index contributed by atoms with van der Waals surface area (Å²) >= 11 is 0. The zero-order valence-electron chi connectivity index (χ0n) is 19.1. The predicted molar refractivity (Wildman–Crippen MR) is 111 cm³/mol. The molecule has 39 heavy (non-hydrogen) atoms. The third-order valence-corrected chi connectivity index (χ3v) is 6.18. The van der Waals surface area contributed by atoms with Gasteiger partial charge in [-0.25, -0.2) is 23.1 Å². The Bertz CT molecular complexity index is 1450. The van der Waals surface area contributed by atoms with Crippen LogP contribution in [-0.2, 0) is 16.0 Å². The fourth-order valence-corrected chi connectivity index (χ4v) is 3.70. The highest BCUT2D eigenvalue weighted by atomic mass is 32.2. The molecule has 3 aromatic rings. The first-order chi connectivity index (χ1) is 17.8. The molecule has 0 radical (unpaired) electrons. The van der Waals surface area contributed by atoms with E-state index in [1.54, 1.807) is 0 Å². The Hall–Kier alpha value is -3.90. The van der Waals surface area contributed by atoms with E-state index in [0.717, 1.165) is 23.3 Å². The number of ether oxygens (including phenoxy) is 1. The van der Waals surface area contributed by atoms with E-state index in [1.165, 1.54) is 13.0 Å². The van der Waals surface area contributed by atoms with Crippen LogP contribution in [0.25, 0.3) is 5.82 Å². The molecule has 0 spiro atoms.